The molecule has 1 spiro atoms. The van der Waals surface area contributed by atoms with E-state index in [9.17, 15) is 4.79 Å². The zero-order chi connectivity index (χ0) is 11.2. The Balaban J connectivity index is 0.00000108. The number of carbonyl (C=O) groups is 1. The van der Waals surface area contributed by atoms with Crippen molar-refractivity contribution in [1.29, 1.82) is 0 Å². The van der Waals surface area contributed by atoms with Gasteiger partial charge in [0.25, 0.3) is 0 Å². The molecular formula is C13H23ClN2O. The monoisotopic (exact) mass is 258 g/mol. The molecule has 1 N–H and O–H groups in total. The Morgan fingerprint density at radius 1 is 1.35 bits per heavy atom. The van der Waals surface area contributed by atoms with Crippen LogP contribution in [0.1, 0.15) is 32.6 Å². The third kappa shape index (κ3) is 2.32. The molecule has 2 aliphatic heterocycles. The molecular weight excluding hydrogens is 236 g/mol. The Morgan fingerprint density at radius 3 is 2.65 bits per heavy atom. The molecule has 1 amide bonds. The fourth-order valence-electron chi connectivity index (χ4n) is 3.53. The molecule has 17 heavy (non-hydrogen) atoms. The van der Waals surface area contributed by atoms with Gasteiger partial charge in [-0.05, 0) is 50.1 Å². The predicted octanol–water partition coefficient (Wildman–Crippen LogP) is 1.67. The highest BCUT2D eigenvalue weighted by Gasteiger charge is 2.58. The number of amides is 1. The van der Waals surface area contributed by atoms with Gasteiger partial charge in [-0.2, -0.15) is 0 Å². The van der Waals surface area contributed by atoms with Crippen LogP contribution in [0.3, 0.4) is 0 Å². The number of piperidine rings is 1. The summed E-state index contributed by atoms with van der Waals surface area (Å²) < 4.78 is 0. The SMILES string of the molecule is CC1CCN(C(=O)C2CC23CCNCC3)C1.Cl. The number of hydrogen-bond donors (Lipinski definition) is 1. The number of hydrogen-bond acceptors (Lipinski definition) is 2. The number of halogens is 1. The Labute approximate surface area is 110 Å². The van der Waals surface area contributed by atoms with Crippen molar-refractivity contribution >= 4 is 18.3 Å². The maximum Gasteiger partial charge on any atom is 0.226 e. The summed E-state index contributed by atoms with van der Waals surface area (Å²) in [6, 6.07) is 0. The minimum absolute atomic E-state index is 0. The molecule has 3 aliphatic rings. The highest BCUT2D eigenvalue weighted by molar-refractivity contribution is 5.85. The molecule has 3 fully saturated rings. The second kappa shape index (κ2) is 4.77. The second-order valence-corrected chi connectivity index (χ2v) is 6.05. The summed E-state index contributed by atoms with van der Waals surface area (Å²) in [7, 11) is 0. The van der Waals surface area contributed by atoms with Gasteiger partial charge in [-0.25, -0.2) is 0 Å². The average Bonchev–Trinajstić information content (AvgIpc) is 2.79. The Bertz CT molecular complexity index is 302. The highest BCUT2D eigenvalue weighted by Crippen LogP contribution is 2.59. The molecule has 0 aromatic rings. The van der Waals surface area contributed by atoms with E-state index in [1.165, 1.54) is 25.7 Å². The fraction of sp³-hybridized carbons (Fsp3) is 0.923. The van der Waals surface area contributed by atoms with E-state index >= 15 is 0 Å². The summed E-state index contributed by atoms with van der Waals surface area (Å²) in [4.78, 5) is 14.4. The van der Waals surface area contributed by atoms with E-state index in [1.54, 1.807) is 0 Å². The molecule has 98 valence electrons. The van der Waals surface area contributed by atoms with E-state index in [1.807, 2.05) is 0 Å². The average molecular weight is 259 g/mol. The second-order valence-electron chi connectivity index (χ2n) is 6.05. The topological polar surface area (TPSA) is 32.3 Å². The van der Waals surface area contributed by atoms with Gasteiger partial charge in [0.2, 0.25) is 5.91 Å². The van der Waals surface area contributed by atoms with Crippen molar-refractivity contribution in [3.05, 3.63) is 0 Å². The van der Waals surface area contributed by atoms with E-state index in [0.717, 1.165) is 26.2 Å². The van der Waals surface area contributed by atoms with Gasteiger partial charge in [-0.3, -0.25) is 4.79 Å². The number of nitrogens with zero attached hydrogens (tertiary/aromatic N) is 1. The summed E-state index contributed by atoms with van der Waals surface area (Å²) in [5.41, 5.74) is 0.411. The van der Waals surface area contributed by atoms with Gasteiger partial charge in [0, 0.05) is 19.0 Å². The van der Waals surface area contributed by atoms with Gasteiger partial charge in [0.1, 0.15) is 0 Å². The van der Waals surface area contributed by atoms with Crippen molar-refractivity contribution in [1.82, 2.24) is 10.2 Å². The van der Waals surface area contributed by atoms with Crippen LogP contribution in [0.4, 0.5) is 0 Å². The van der Waals surface area contributed by atoms with E-state index in [-0.39, 0.29) is 12.4 Å². The van der Waals surface area contributed by atoms with Gasteiger partial charge in [0.15, 0.2) is 0 Å². The number of carbonyl (C=O) groups excluding carboxylic acids is 1. The summed E-state index contributed by atoms with van der Waals surface area (Å²) >= 11 is 0. The molecule has 2 unspecified atom stereocenters. The van der Waals surface area contributed by atoms with Crippen molar-refractivity contribution in [3.63, 3.8) is 0 Å². The Kier molecular flexibility index (Phi) is 3.69. The van der Waals surface area contributed by atoms with Gasteiger partial charge in [-0.15, -0.1) is 12.4 Å². The van der Waals surface area contributed by atoms with Crippen LogP contribution in [-0.4, -0.2) is 37.0 Å². The molecule has 1 saturated carbocycles. The smallest absolute Gasteiger partial charge is 0.226 e. The standard InChI is InChI=1S/C13H22N2O.ClH/c1-10-2-7-15(9-10)12(16)11-8-13(11)3-5-14-6-4-13;/h10-11,14H,2-9H2,1H3;1H. The van der Waals surface area contributed by atoms with Crippen LogP contribution < -0.4 is 5.32 Å². The highest BCUT2D eigenvalue weighted by atomic mass is 35.5. The third-order valence-corrected chi connectivity index (χ3v) is 4.82. The lowest BCUT2D eigenvalue weighted by Gasteiger charge is -2.25. The summed E-state index contributed by atoms with van der Waals surface area (Å²) in [6.45, 7) is 6.48. The largest absolute Gasteiger partial charge is 0.342 e. The van der Waals surface area contributed by atoms with Crippen molar-refractivity contribution in [3.8, 4) is 0 Å². The zero-order valence-electron chi connectivity index (χ0n) is 10.6. The fourth-order valence-corrected chi connectivity index (χ4v) is 3.53. The zero-order valence-corrected chi connectivity index (χ0v) is 11.4. The summed E-state index contributed by atoms with van der Waals surface area (Å²) in [6.07, 6.45) is 4.80. The van der Waals surface area contributed by atoms with Crippen molar-refractivity contribution in [2.24, 2.45) is 17.3 Å². The number of likely N-dealkylation sites (tertiary alicyclic amines) is 1. The maximum atomic E-state index is 12.3. The summed E-state index contributed by atoms with van der Waals surface area (Å²) in [5, 5.41) is 3.39. The van der Waals surface area contributed by atoms with Crippen LogP contribution >= 0.6 is 12.4 Å². The van der Waals surface area contributed by atoms with E-state index in [0.29, 0.717) is 23.2 Å². The maximum absolute atomic E-state index is 12.3. The molecule has 2 heterocycles. The first-order valence-corrected chi connectivity index (χ1v) is 6.71. The Morgan fingerprint density at radius 2 is 2.06 bits per heavy atom. The first-order valence-electron chi connectivity index (χ1n) is 6.71. The first kappa shape index (κ1) is 13.2. The van der Waals surface area contributed by atoms with E-state index < -0.39 is 0 Å². The quantitative estimate of drug-likeness (QED) is 0.776. The normalized spacial score (nSPS) is 34.5. The molecule has 1 aliphatic carbocycles. The molecule has 4 heteroatoms. The summed E-state index contributed by atoms with van der Waals surface area (Å²) in [5.74, 6) is 1.55. The Hall–Kier alpha value is -0.280. The van der Waals surface area contributed by atoms with Gasteiger partial charge >= 0.3 is 0 Å². The van der Waals surface area contributed by atoms with Gasteiger partial charge in [0.05, 0.1) is 0 Å². The van der Waals surface area contributed by atoms with Crippen LogP contribution in [0.25, 0.3) is 0 Å². The van der Waals surface area contributed by atoms with Crippen molar-refractivity contribution in [2.45, 2.75) is 32.6 Å². The lowest BCUT2D eigenvalue weighted by Crippen LogP contribution is -2.35. The molecule has 0 radical (unpaired) electrons. The van der Waals surface area contributed by atoms with Crippen LogP contribution in [-0.2, 0) is 4.79 Å². The van der Waals surface area contributed by atoms with Crippen LogP contribution in [0, 0.1) is 17.3 Å². The van der Waals surface area contributed by atoms with Gasteiger partial charge in [-0.1, -0.05) is 6.92 Å². The first-order chi connectivity index (χ1) is 7.71. The van der Waals surface area contributed by atoms with Crippen LogP contribution in [0.2, 0.25) is 0 Å². The minimum Gasteiger partial charge on any atom is -0.342 e. The molecule has 0 aromatic carbocycles. The van der Waals surface area contributed by atoms with Gasteiger partial charge < -0.3 is 10.2 Å². The lowest BCUT2D eigenvalue weighted by atomic mass is 9.91. The van der Waals surface area contributed by atoms with Crippen LogP contribution in [0.15, 0.2) is 0 Å². The number of nitrogens with one attached hydrogen (secondary N) is 1. The molecule has 2 saturated heterocycles. The molecule has 3 nitrogen and oxygen atoms in total. The van der Waals surface area contributed by atoms with Crippen LogP contribution in [0.5, 0.6) is 0 Å². The molecule has 2 atom stereocenters. The third-order valence-electron chi connectivity index (χ3n) is 4.82. The lowest BCUT2D eigenvalue weighted by molar-refractivity contribution is -0.132. The number of rotatable bonds is 1. The molecule has 3 rings (SSSR count). The van der Waals surface area contributed by atoms with Crippen molar-refractivity contribution < 1.29 is 4.79 Å². The molecule has 0 bridgehead atoms. The van der Waals surface area contributed by atoms with E-state index in [4.69, 9.17) is 0 Å². The minimum atomic E-state index is 0. The van der Waals surface area contributed by atoms with E-state index in [2.05, 4.69) is 17.1 Å². The predicted molar refractivity (Wildman–Crippen MR) is 70.3 cm³/mol. The molecule has 0 aromatic heterocycles. The van der Waals surface area contributed by atoms with Crippen molar-refractivity contribution in [2.75, 3.05) is 26.2 Å².